The first kappa shape index (κ1) is 12.9. The zero-order chi connectivity index (χ0) is 14.0. The molecule has 0 saturated heterocycles. The van der Waals surface area contributed by atoms with Crippen LogP contribution in [0.4, 0.5) is 0 Å². The summed E-state index contributed by atoms with van der Waals surface area (Å²) in [6.07, 6.45) is 0. The molecule has 0 radical (unpaired) electrons. The van der Waals surface area contributed by atoms with E-state index in [9.17, 15) is 9.90 Å². The summed E-state index contributed by atoms with van der Waals surface area (Å²) < 4.78 is 5.54. The minimum Gasteiger partial charge on any atom is -0.508 e. The number of hydrogen-bond acceptors (Lipinski definition) is 4. The minimum absolute atomic E-state index is 0.0864. The van der Waals surface area contributed by atoms with Crippen molar-refractivity contribution in [3.05, 3.63) is 47.2 Å². The molecule has 0 aliphatic carbocycles. The molecule has 1 amide bonds. The Morgan fingerprint density at radius 2 is 2.00 bits per heavy atom. The second kappa shape index (κ2) is 4.97. The van der Waals surface area contributed by atoms with E-state index < -0.39 is 5.91 Å². The number of primary amides is 1. The maximum atomic E-state index is 11.3. The number of nitrogens with two attached hydrogens (primary N) is 1. The number of phenolic OH excluding ortho intramolecular Hbond substituents is 1. The van der Waals surface area contributed by atoms with Gasteiger partial charge in [-0.15, -0.1) is 0 Å². The number of benzene rings is 1. The smallest absolute Gasteiger partial charge is 0.254 e. The molecular weight excluding hydrogens is 244 g/mol. The standard InChI is InChI=1S/C14H14N2O3/c1-8-5-10(17)7-11(6-8)19-14-12(13(15)18)4-3-9(2)16-14/h3-7,17H,1-2H3,(H2,15,18). The molecular formula is C14H14N2O3. The van der Waals surface area contributed by atoms with Crippen LogP contribution in [0.2, 0.25) is 0 Å². The van der Waals surface area contributed by atoms with Crippen LogP contribution in [0, 0.1) is 13.8 Å². The first-order valence-electron chi connectivity index (χ1n) is 5.71. The van der Waals surface area contributed by atoms with E-state index in [1.165, 1.54) is 6.07 Å². The Hall–Kier alpha value is -2.56. The van der Waals surface area contributed by atoms with Gasteiger partial charge in [0.05, 0.1) is 0 Å². The van der Waals surface area contributed by atoms with E-state index in [1.807, 2.05) is 6.92 Å². The van der Waals surface area contributed by atoms with Crippen molar-refractivity contribution in [2.75, 3.05) is 0 Å². The van der Waals surface area contributed by atoms with Crippen LogP contribution in [0.15, 0.2) is 30.3 Å². The lowest BCUT2D eigenvalue weighted by atomic mass is 10.2. The number of phenols is 1. The van der Waals surface area contributed by atoms with Gasteiger partial charge < -0.3 is 15.6 Å². The van der Waals surface area contributed by atoms with Gasteiger partial charge in [0.2, 0.25) is 5.88 Å². The van der Waals surface area contributed by atoms with Gasteiger partial charge in [-0.25, -0.2) is 4.98 Å². The van der Waals surface area contributed by atoms with Crippen LogP contribution >= 0.6 is 0 Å². The van der Waals surface area contributed by atoms with E-state index >= 15 is 0 Å². The maximum absolute atomic E-state index is 11.3. The largest absolute Gasteiger partial charge is 0.508 e. The minimum atomic E-state index is -0.612. The summed E-state index contributed by atoms with van der Waals surface area (Å²) in [4.78, 5) is 15.5. The lowest BCUT2D eigenvalue weighted by Gasteiger charge is -2.09. The fourth-order valence-corrected chi connectivity index (χ4v) is 1.70. The number of carbonyl (C=O) groups excluding carboxylic acids is 1. The molecule has 0 saturated carbocycles. The van der Waals surface area contributed by atoms with Gasteiger partial charge in [0.25, 0.3) is 5.91 Å². The van der Waals surface area contributed by atoms with Crippen LogP contribution in [-0.2, 0) is 0 Å². The molecule has 0 aliphatic heterocycles. The van der Waals surface area contributed by atoms with Gasteiger partial charge in [-0.05, 0) is 43.7 Å². The highest BCUT2D eigenvalue weighted by molar-refractivity contribution is 5.95. The lowest BCUT2D eigenvalue weighted by Crippen LogP contribution is -2.13. The van der Waals surface area contributed by atoms with Gasteiger partial charge in [-0.1, -0.05) is 0 Å². The average molecular weight is 258 g/mol. The van der Waals surface area contributed by atoms with Gasteiger partial charge in [-0.3, -0.25) is 4.79 Å². The van der Waals surface area contributed by atoms with E-state index in [0.29, 0.717) is 11.4 Å². The van der Waals surface area contributed by atoms with Crippen molar-refractivity contribution in [3.8, 4) is 17.4 Å². The molecule has 3 N–H and O–H groups in total. The molecule has 0 spiro atoms. The molecule has 0 unspecified atom stereocenters. The SMILES string of the molecule is Cc1cc(O)cc(Oc2nc(C)ccc2C(N)=O)c1. The average Bonchev–Trinajstić information content (AvgIpc) is 2.26. The van der Waals surface area contributed by atoms with E-state index in [4.69, 9.17) is 10.5 Å². The highest BCUT2D eigenvalue weighted by Gasteiger charge is 2.12. The molecule has 2 rings (SSSR count). The van der Waals surface area contributed by atoms with Crippen molar-refractivity contribution in [3.63, 3.8) is 0 Å². The van der Waals surface area contributed by atoms with Gasteiger partial charge in [0, 0.05) is 11.8 Å². The Morgan fingerprint density at radius 1 is 1.26 bits per heavy atom. The zero-order valence-electron chi connectivity index (χ0n) is 10.7. The van der Waals surface area contributed by atoms with Crippen molar-refractivity contribution in [1.29, 1.82) is 0 Å². The molecule has 1 heterocycles. The molecule has 0 fully saturated rings. The number of aryl methyl sites for hydroxylation is 2. The molecule has 5 heteroatoms. The third-order valence-electron chi connectivity index (χ3n) is 2.52. The summed E-state index contributed by atoms with van der Waals surface area (Å²) in [6.45, 7) is 3.61. The zero-order valence-corrected chi connectivity index (χ0v) is 10.7. The van der Waals surface area contributed by atoms with Crippen LogP contribution in [0.3, 0.4) is 0 Å². The monoisotopic (exact) mass is 258 g/mol. The van der Waals surface area contributed by atoms with Crippen molar-refractivity contribution >= 4 is 5.91 Å². The molecule has 0 aliphatic rings. The number of carbonyl (C=O) groups is 1. The van der Waals surface area contributed by atoms with Crippen LogP contribution in [-0.4, -0.2) is 16.0 Å². The Balaban J connectivity index is 2.42. The number of rotatable bonds is 3. The molecule has 2 aromatic rings. The van der Waals surface area contributed by atoms with E-state index in [2.05, 4.69) is 4.98 Å². The quantitative estimate of drug-likeness (QED) is 0.884. The van der Waals surface area contributed by atoms with Crippen molar-refractivity contribution in [1.82, 2.24) is 4.98 Å². The molecule has 1 aromatic heterocycles. The first-order chi connectivity index (χ1) is 8.95. The van der Waals surface area contributed by atoms with Crippen LogP contribution < -0.4 is 10.5 Å². The lowest BCUT2D eigenvalue weighted by molar-refractivity contribution is 0.0997. The second-order valence-electron chi connectivity index (χ2n) is 4.28. The van der Waals surface area contributed by atoms with Crippen LogP contribution in [0.25, 0.3) is 0 Å². The van der Waals surface area contributed by atoms with E-state index in [0.717, 1.165) is 5.56 Å². The molecule has 0 atom stereocenters. The van der Waals surface area contributed by atoms with Crippen molar-refractivity contribution in [2.24, 2.45) is 5.73 Å². The highest BCUT2D eigenvalue weighted by atomic mass is 16.5. The van der Waals surface area contributed by atoms with Crippen LogP contribution in [0.5, 0.6) is 17.4 Å². The van der Waals surface area contributed by atoms with Gasteiger partial charge in [0.15, 0.2) is 0 Å². The van der Waals surface area contributed by atoms with E-state index in [1.54, 1.807) is 31.2 Å². The Kier molecular flexibility index (Phi) is 3.37. The number of aromatic hydroxyl groups is 1. The number of nitrogens with zero attached hydrogens (tertiary/aromatic N) is 1. The summed E-state index contributed by atoms with van der Waals surface area (Å²) in [5.74, 6) is 0.0123. The third kappa shape index (κ3) is 3.01. The number of amides is 1. The molecule has 1 aromatic carbocycles. The van der Waals surface area contributed by atoms with Crippen LogP contribution in [0.1, 0.15) is 21.6 Å². The van der Waals surface area contributed by atoms with Crippen molar-refractivity contribution < 1.29 is 14.6 Å². The van der Waals surface area contributed by atoms with E-state index in [-0.39, 0.29) is 17.2 Å². The van der Waals surface area contributed by atoms with Gasteiger partial charge in [0.1, 0.15) is 17.1 Å². The summed E-state index contributed by atoms with van der Waals surface area (Å²) in [7, 11) is 0. The number of hydrogen-bond donors (Lipinski definition) is 2. The third-order valence-corrected chi connectivity index (χ3v) is 2.52. The van der Waals surface area contributed by atoms with Gasteiger partial charge >= 0.3 is 0 Å². The van der Waals surface area contributed by atoms with Crippen molar-refractivity contribution in [2.45, 2.75) is 13.8 Å². The summed E-state index contributed by atoms with van der Waals surface area (Å²) in [6, 6.07) is 8.03. The topological polar surface area (TPSA) is 85.4 Å². The number of pyridine rings is 1. The summed E-state index contributed by atoms with van der Waals surface area (Å²) in [5.41, 5.74) is 7.01. The fraction of sp³-hybridized carbons (Fsp3) is 0.143. The number of aromatic nitrogens is 1. The fourth-order valence-electron chi connectivity index (χ4n) is 1.70. The Morgan fingerprint density at radius 3 is 2.63 bits per heavy atom. The van der Waals surface area contributed by atoms with Gasteiger partial charge in [-0.2, -0.15) is 0 Å². The normalized spacial score (nSPS) is 10.2. The molecule has 19 heavy (non-hydrogen) atoms. The number of ether oxygens (including phenoxy) is 1. The molecule has 5 nitrogen and oxygen atoms in total. The Labute approximate surface area is 110 Å². The molecule has 98 valence electrons. The molecule has 0 bridgehead atoms. The Bertz CT molecular complexity index is 618. The predicted molar refractivity (Wildman–Crippen MR) is 70.4 cm³/mol. The highest BCUT2D eigenvalue weighted by Crippen LogP contribution is 2.27. The summed E-state index contributed by atoms with van der Waals surface area (Å²) >= 11 is 0. The first-order valence-corrected chi connectivity index (χ1v) is 5.71. The summed E-state index contributed by atoms with van der Waals surface area (Å²) in [5, 5.41) is 9.51. The maximum Gasteiger partial charge on any atom is 0.254 e. The predicted octanol–water partition coefficient (Wildman–Crippen LogP) is 2.30. The second-order valence-corrected chi connectivity index (χ2v) is 4.28.